The molecule has 2 N–H and O–H groups in total. The van der Waals surface area contributed by atoms with Gasteiger partial charge in [0, 0.05) is 0 Å². The van der Waals surface area contributed by atoms with E-state index < -0.39 is 5.56 Å². The number of aromatic nitrogens is 2. The molecular formula is C13H11N3OS. The van der Waals surface area contributed by atoms with E-state index in [1.165, 1.54) is 0 Å². The van der Waals surface area contributed by atoms with Crippen LogP contribution in [-0.2, 0) is 0 Å². The van der Waals surface area contributed by atoms with Crippen molar-refractivity contribution < 1.29 is 0 Å². The fourth-order valence-electron chi connectivity index (χ4n) is 1.77. The Morgan fingerprint density at radius 3 is 2.89 bits per heavy atom. The van der Waals surface area contributed by atoms with Crippen LogP contribution >= 0.6 is 12.2 Å². The molecule has 1 atom stereocenters. The van der Waals surface area contributed by atoms with E-state index in [0.29, 0.717) is 5.69 Å². The SMILES string of the molecule is C[C@@H]1C=CC=CC(c2[nH]c(=S)[nH]c(=O)c2C#N)=C1. The number of nitrogens with zero attached hydrogens (tertiary/aromatic N) is 1. The average Bonchev–Trinajstić information content (AvgIpc) is 2.53. The molecule has 0 spiro atoms. The van der Waals surface area contributed by atoms with Gasteiger partial charge >= 0.3 is 0 Å². The van der Waals surface area contributed by atoms with E-state index in [4.69, 9.17) is 17.5 Å². The van der Waals surface area contributed by atoms with E-state index in [-0.39, 0.29) is 16.3 Å². The zero-order chi connectivity index (χ0) is 13.1. The molecule has 90 valence electrons. The monoisotopic (exact) mass is 257 g/mol. The van der Waals surface area contributed by atoms with E-state index in [1.54, 1.807) is 0 Å². The fraction of sp³-hybridized carbons (Fsp3) is 0.154. The zero-order valence-electron chi connectivity index (χ0n) is 9.73. The van der Waals surface area contributed by atoms with Gasteiger partial charge in [0.15, 0.2) is 4.77 Å². The molecule has 5 heteroatoms. The van der Waals surface area contributed by atoms with Crippen LogP contribution in [0.15, 0.2) is 35.2 Å². The maximum absolute atomic E-state index is 11.7. The van der Waals surface area contributed by atoms with Crippen molar-refractivity contribution in [1.29, 1.82) is 5.26 Å². The number of allylic oxidation sites excluding steroid dienone is 6. The minimum absolute atomic E-state index is 0.0496. The van der Waals surface area contributed by atoms with Crippen LogP contribution in [-0.4, -0.2) is 9.97 Å². The van der Waals surface area contributed by atoms with Crippen LogP contribution in [0.25, 0.3) is 5.57 Å². The van der Waals surface area contributed by atoms with Gasteiger partial charge in [-0.3, -0.25) is 9.78 Å². The average molecular weight is 257 g/mol. The third-order valence-corrected chi connectivity index (χ3v) is 2.79. The van der Waals surface area contributed by atoms with Crippen molar-refractivity contribution in [2.24, 2.45) is 5.92 Å². The van der Waals surface area contributed by atoms with Crippen LogP contribution in [0.5, 0.6) is 0 Å². The van der Waals surface area contributed by atoms with Crippen molar-refractivity contribution in [3.63, 3.8) is 0 Å². The Morgan fingerprint density at radius 1 is 1.39 bits per heavy atom. The van der Waals surface area contributed by atoms with Crippen LogP contribution in [0.2, 0.25) is 0 Å². The minimum atomic E-state index is -0.463. The Labute approximate surface area is 109 Å². The molecule has 0 amide bonds. The van der Waals surface area contributed by atoms with Gasteiger partial charge in [-0.2, -0.15) is 5.26 Å². The quantitative estimate of drug-likeness (QED) is 0.759. The summed E-state index contributed by atoms with van der Waals surface area (Å²) in [5.41, 5.74) is 0.850. The number of hydrogen-bond donors (Lipinski definition) is 2. The van der Waals surface area contributed by atoms with Crippen LogP contribution in [0.1, 0.15) is 18.2 Å². The summed E-state index contributed by atoms with van der Waals surface area (Å²) in [6.45, 7) is 2.03. The number of hydrogen-bond acceptors (Lipinski definition) is 3. The lowest BCUT2D eigenvalue weighted by molar-refractivity contribution is 0.942. The maximum atomic E-state index is 11.7. The maximum Gasteiger partial charge on any atom is 0.270 e. The summed E-state index contributed by atoms with van der Waals surface area (Å²) < 4.78 is 0.216. The molecular weight excluding hydrogens is 246 g/mol. The first-order valence-electron chi connectivity index (χ1n) is 5.45. The smallest absolute Gasteiger partial charge is 0.270 e. The second-order valence-electron chi connectivity index (χ2n) is 4.00. The second-order valence-corrected chi connectivity index (χ2v) is 4.40. The molecule has 0 aromatic carbocycles. The summed E-state index contributed by atoms with van der Waals surface area (Å²) in [5.74, 6) is 0.225. The van der Waals surface area contributed by atoms with E-state index in [2.05, 4.69) is 9.97 Å². The highest BCUT2D eigenvalue weighted by atomic mass is 32.1. The van der Waals surface area contributed by atoms with Crippen molar-refractivity contribution >= 4 is 17.8 Å². The molecule has 0 bridgehead atoms. The molecule has 1 aliphatic rings. The molecule has 1 aromatic heterocycles. The summed E-state index contributed by atoms with van der Waals surface area (Å²) in [6.07, 6.45) is 9.65. The van der Waals surface area contributed by atoms with Gasteiger partial charge in [-0.15, -0.1) is 0 Å². The summed E-state index contributed by atoms with van der Waals surface area (Å²) in [6, 6.07) is 1.91. The summed E-state index contributed by atoms with van der Waals surface area (Å²) in [7, 11) is 0. The molecule has 0 unspecified atom stereocenters. The van der Waals surface area contributed by atoms with E-state index in [9.17, 15) is 4.79 Å². The van der Waals surface area contributed by atoms with E-state index in [1.807, 2.05) is 43.4 Å². The zero-order valence-corrected chi connectivity index (χ0v) is 10.5. The van der Waals surface area contributed by atoms with Crippen molar-refractivity contribution in [3.8, 4) is 6.07 Å². The van der Waals surface area contributed by atoms with Crippen molar-refractivity contribution in [2.45, 2.75) is 6.92 Å². The minimum Gasteiger partial charge on any atom is -0.331 e. The first-order valence-corrected chi connectivity index (χ1v) is 5.86. The van der Waals surface area contributed by atoms with Gasteiger partial charge in [0.2, 0.25) is 0 Å². The Morgan fingerprint density at radius 2 is 2.17 bits per heavy atom. The molecule has 0 aliphatic heterocycles. The lowest BCUT2D eigenvalue weighted by Crippen LogP contribution is -2.15. The first kappa shape index (κ1) is 12.3. The van der Waals surface area contributed by atoms with Crippen molar-refractivity contribution in [1.82, 2.24) is 9.97 Å². The standard InChI is InChI=1S/C13H11N3OS/c1-8-4-2-3-5-9(6-8)11-10(7-14)12(17)16-13(18)15-11/h2-6,8H,1H3,(H2,15,16,17,18)/t8-/m1/s1. The fourth-order valence-corrected chi connectivity index (χ4v) is 1.96. The Balaban J connectivity index is 2.69. The lowest BCUT2D eigenvalue weighted by atomic mass is 10.0. The van der Waals surface area contributed by atoms with Gasteiger partial charge in [0.1, 0.15) is 11.6 Å². The van der Waals surface area contributed by atoms with Crippen LogP contribution in [0.4, 0.5) is 0 Å². The van der Waals surface area contributed by atoms with Crippen LogP contribution < -0.4 is 5.56 Å². The largest absolute Gasteiger partial charge is 0.331 e. The lowest BCUT2D eigenvalue weighted by Gasteiger charge is -2.06. The highest BCUT2D eigenvalue weighted by molar-refractivity contribution is 7.71. The molecule has 2 rings (SSSR count). The van der Waals surface area contributed by atoms with E-state index >= 15 is 0 Å². The predicted molar refractivity (Wildman–Crippen MR) is 72.4 cm³/mol. The van der Waals surface area contributed by atoms with Gasteiger partial charge in [-0.05, 0) is 23.7 Å². The summed E-state index contributed by atoms with van der Waals surface area (Å²) in [4.78, 5) is 17.0. The molecule has 4 nitrogen and oxygen atoms in total. The second kappa shape index (κ2) is 4.98. The molecule has 1 aliphatic carbocycles. The Bertz CT molecular complexity index is 713. The molecule has 0 saturated heterocycles. The van der Waals surface area contributed by atoms with E-state index in [0.717, 1.165) is 5.57 Å². The Kier molecular flexibility index (Phi) is 3.40. The third-order valence-electron chi connectivity index (χ3n) is 2.59. The number of nitriles is 1. The molecule has 1 heterocycles. The summed E-state index contributed by atoms with van der Waals surface area (Å²) in [5, 5.41) is 9.07. The highest BCUT2D eigenvalue weighted by Crippen LogP contribution is 2.20. The molecule has 0 radical (unpaired) electrons. The van der Waals surface area contributed by atoms with Crippen molar-refractivity contribution in [2.75, 3.05) is 0 Å². The van der Waals surface area contributed by atoms with Crippen LogP contribution in [0.3, 0.4) is 0 Å². The summed E-state index contributed by atoms with van der Waals surface area (Å²) >= 11 is 4.94. The third kappa shape index (κ3) is 2.39. The van der Waals surface area contributed by atoms with Gasteiger partial charge in [0.25, 0.3) is 5.56 Å². The number of nitrogens with one attached hydrogen (secondary N) is 2. The number of H-pyrrole nitrogens is 2. The van der Waals surface area contributed by atoms with Crippen molar-refractivity contribution in [3.05, 3.63) is 56.8 Å². The van der Waals surface area contributed by atoms with Crippen LogP contribution in [0, 0.1) is 22.0 Å². The normalized spacial score (nSPS) is 18.0. The van der Waals surface area contributed by atoms with Gasteiger partial charge in [-0.1, -0.05) is 37.3 Å². The topological polar surface area (TPSA) is 72.4 Å². The predicted octanol–water partition coefficient (Wildman–Crippen LogP) is 2.45. The molecule has 0 saturated carbocycles. The Hall–Kier alpha value is -2.19. The van der Waals surface area contributed by atoms with Gasteiger partial charge < -0.3 is 4.98 Å². The molecule has 0 fully saturated rings. The first-order chi connectivity index (χ1) is 8.61. The number of rotatable bonds is 1. The number of aromatic amines is 2. The van der Waals surface area contributed by atoms with Gasteiger partial charge in [0.05, 0.1) is 5.69 Å². The molecule has 18 heavy (non-hydrogen) atoms. The molecule has 1 aromatic rings. The highest BCUT2D eigenvalue weighted by Gasteiger charge is 2.12. The van der Waals surface area contributed by atoms with Gasteiger partial charge in [-0.25, -0.2) is 0 Å².